The number of halogens is 1. The molecule has 4 nitrogen and oxygen atoms in total. The Bertz CT molecular complexity index is 602. The zero-order valence-electron chi connectivity index (χ0n) is 9.94. The molecule has 2 aromatic rings. The summed E-state index contributed by atoms with van der Waals surface area (Å²) in [5.41, 5.74) is 1.13. The van der Waals surface area contributed by atoms with Gasteiger partial charge in [0.05, 0.1) is 10.4 Å². The van der Waals surface area contributed by atoms with E-state index in [1.165, 1.54) is 11.3 Å². The molecule has 0 aliphatic rings. The van der Waals surface area contributed by atoms with E-state index in [0.717, 1.165) is 14.9 Å². The number of anilines is 1. The van der Waals surface area contributed by atoms with Crippen molar-refractivity contribution in [3.05, 3.63) is 38.8 Å². The largest absolute Gasteiger partial charge is 0.347 e. The Morgan fingerprint density at radius 2 is 2.22 bits per heavy atom. The van der Waals surface area contributed by atoms with E-state index in [0.29, 0.717) is 11.6 Å². The number of aryl methyl sites for hydroxylation is 1. The van der Waals surface area contributed by atoms with Crippen LogP contribution in [0, 0.1) is 18.3 Å². The van der Waals surface area contributed by atoms with Crippen molar-refractivity contribution in [3.63, 3.8) is 0 Å². The Labute approximate surface area is 114 Å². The summed E-state index contributed by atoms with van der Waals surface area (Å²) in [7, 11) is 0. The second kappa shape index (κ2) is 5.34. The molecule has 0 bridgehead atoms. The summed E-state index contributed by atoms with van der Waals surface area (Å²) in [6.45, 7) is 3.83. The minimum absolute atomic E-state index is 0.0517. The lowest BCUT2D eigenvalue weighted by Crippen LogP contribution is -2.09. The van der Waals surface area contributed by atoms with Gasteiger partial charge in [-0.1, -0.05) is 11.6 Å². The predicted octanol–water partition coefficient (Wildman–Crippen LogP) is 3.54. The summed E-state index contributed by atoms with van der Waals surface area (Å²) in [6, 6.07) is 7.54. The van der Waals surface area contributed by atoms with E-state index in [4.69, 9.17) is 16.9 Å². The quantitative estimate of drug-likeness (QED) is 0.933. The summed E-state index contributed by atoms with van der Waals surface area (Å²) >= 11 is 7.41. The summed E-state index contributed by atoms with van der Waals surface area (Å²) < 4.78 is 0.751. The monoisotopic (exact) mass is 278 g/mol. The van der Waals surface area contributed by atoms with Crippen LogP contribution >= 0.6 is 22.9 Å². The molecule has 0 saturated carbocycles. The van der Waals surface area contributed by atoms with E-state index >= 15 is 0 Å². The van der Waals surface area contributed by atoms with Crippen LogP contribution in [0.1, 0.15) is 29.2 Å². The number of aromatic nitrogens is 2. The van der Waals surface area contributed by atoms with Gasteiger partial charge in [-0.15, -0.1) is 11.3 Å². The summed E-state index contributed by atoms with van der Waals surface area (Å²) in [5, 5.41) is 12.0. The van der Waals surface area contributed by atoms with E-state index in [1.807, 2.05) is 32.0 Å². The van der Waals surface area contributed by atoms with Crippen LogP contribution in [0.4, 0.5) is 5.95 Å². The molecule has 0 aliphatic carbocycles. The topological polar surface area (TPSA) is 61.6 Å². The highest BCUT2D eigenvalue weighted by atomic mass is 35.5. The number of nitrogens with one attached hydrogen (secondary N) is 1. The number of thiophene rings is 1. The first-order valence-electron chi connectivity index (χ1n) is 5.36. The Kier molecular flexibility index (Phi) is 3.80. The van der Waals surface area contributed by atoms with Crippen molar-refractivity contribution in [3.8, 4) is 6.07 Å². The number of rotatable bonds is 3. The van der Waals surface area contributed by atoms with Gasteiger partial charge in [-0.3, -0.25) is 0 Å². The molecule has 0 aliphatic heterocycles. The maximum Gasteiger partial charge on any atom is 0.224 e. The minimum Gasteiger partial charge on any atom is -0.347 e. The fourth-order valence-corrected chi connectivity index (χ4v) is 2.58. The van der Waals surface area contributed by atoms with E-state index in [1.54, 1.807) is 6.07 Å². The van der Waals surface area contributed by atoms with E-state index < -0.39 is 0 Å². The zero-order chi connectivity index (χ0) is 13.1. The lowest BCUT2D eigenvalue weighted by Gasteiger charge is -2.12. The van der Waals surface area contributed by atoms with Gasteiger partial charge < -0.3 is 5.32 Å². The standard InChI is InChI=1S/C12H11ClN4S/c1-7-5-9(6-14)17-12(15-7)16-8(2)10-3-4-11(13)18-10/h3-5,8H,1-2H3,(H,15,16,17). The van der Waals surface area contributed by atoms with Crippen molar-refractivity contribution in [2.75, 3.05) is 5.32 Å². The molecule has 0 amide bonds. The van der Waals surface area contributed by atoms with Crippen LogP contribution in [0.25, 0.3) is 0 Å². The molecule has 0 aromatic carbocycles. The smallest absolute Gasteiger partial charge is 0.224 e. The summed E-state index contributed by atoms with van der Waals surface area (Å²) in [6.07, 6.45) is 0. The first-order valence-corrected chi connectivity index (χ1v) is 6.55. The molecule has 2 heterocycles. The van der Waals surface area contributed by atoms with E-state index in [9.17, 15) is 0 Å². The highest BCUT2D eigenvalue weighted by Crippen LogP contribution is 2.28. The van der Waals surface area contributed by atoms with Crippen LogP contribution < -0.4 is 5.32 Å². The third-order valence-corrected chi connectivity index (χ3v) is 3.75. The van der Waals surface area contributed by atoms with Crippen LogP contribution in [0.15, 0.2) is 18.2 Å². The fraction of sp³-hybridized carbons (Fsp3) is 0.250. The second-order valence-corrected chi connectivity index (χ2v) is 5.58. The molecule has 18 heavy (non-hydrogen) atoms. The van der Waals surface area contributed by atoms with E-state index in [2.05, 4.69) is 15.3 Å². The highest BCUT2D eigenvalue weighted by molar-refractivity contribution is 7.16. The van der Waals surface area contributed by atoms with Crippen molar-refractivity contribution in [2.45, 2.75) is 19.9 Å². The van der Waals surface area contributed by atoms with E-state index in [-0.39, 0.29) is 6.04 Å². The fourth-order valence-electron chi connectivity index (χ4n) is 1.52. The van der Waals surface area contributed by atoms with Crippen molar-refractivity contribution in [1.29, 1.82) is 5.26 Å². The van der Waals surface area contributed by atoms with Gasteiger partial charge in [0.25, 0.3) is 0 Å². The molecular formula is C12H11ClN4S. The third kappa shape index (κ3) is 2.97. The molecule has 0 saturated heterocycles. The molecule has 1 unspecified atom stereocenters. The zero-order valence-corrected chi connectivity index (χ0v) is 11.5. The average molecular weight is 279 g/mol. The summed E-state index contributed by atoms with van der Waals surface area (Å²) in [4.78, 5) is 9.47. The molecule has 1 atom stereocenters. The van der Waals surface area contributed by atoms with Crippen LogP contribution in [0.3, 0.4) is 0 Å². The lowest BCUT2D eigenvalue weighted by atomic mass is 10.3. The van der Waals surface area contributed by atoms with Crippen LogP contribution in [-0.4, -0.2) is 9.97 Å². The number of hydrogen-bond donors (Lipinski definition) is 1. The number of nitrogens with zero attached hydrogens (tertiary/aromatic N) is 3. The minimum atomic E-state index is 0.0517. The Morgan fingerprint density at radius 1 is 1.44 bits per heavy atom. The van der Waals surface area contributed by atoms with Crippen molar-refractivity contribution in [2.24, 2.45) is 0 Å². The van der Waals surface area contributed by atoms with Crippen LogP contribution in [0.5, 0.6) is 0 Å². The summed E-state index contributed by atoms with van der Waals surface area (Å²) in [5.74, 6) is 0.462. The molecule has 92 valence electrons. The maximum atomic E-state index is 8.86. The SMILES string of the molecule is Cc1cc(C#N)nc(NC(C)c2ccc(Cl)s2)n1. The number of hydrogen-bond acceptors (Lipinski definition) is 5. The predicted molar refractivity (Wildman–Crippen MR) is 72.9 cm³/mol. The molecule has 2 aromatic heterocycles. The van der Waals surface area contributed by atoms with Gasteiger partial charge in [0, 0.05) is 10.6 Å². The molecule has 6 heteroatoms. The van der Waals surface area contributed by atoms with Crippen molar-refractivity contribution in [1.82, 2.24) is 9.97 Å². The van der Waals surface area contributed by atoms with Gasteiger partial charge in [0.15, 0.2) is 0 Å². The third-order valence-electron chi connectivity index (χ3n) is 2.34. The average Bonchev–Trinajstić information content (AvgIpc) is 2.75. The Morgan fingerprint density at radius 3 is 2.83 bits per heavy atom. The molecular weight excluding hydrogens is 268 g/mol. The molecule has 0 spiro atoms. The first kappa shape index (κ1) is 12.8. The first-order chi connectivity index (χ1) is 8.58. The van der Waals surface area contributed by atoms with Gasteiger partial charge in [-0.05, 0) is 32.0 Å². The van der Waals surface area contributed by atoms with Gasteiger partial charge in [0.1, 0.15) is 11.8 Å². The van der Waals surface area contributed by atoms with Gasteiger partial charge >= 0.3 is 0 Å². The van der Waals surface area contributed by atoms with Crippen LogP contribution in [0.2, 0.25) is 4.34 Å². The Balaban J connectivity index is 2.19. The van der Waals surface area contributed by atoms with Gasteiger partial charge in [0.2, 0.25) is 5.95 Å². The van der Waals surface area contributed by atoms with Gasteiger partial charge in [-0.25, -0.2) is 9.97 Å². The lowest BCUT2D eigenvalue weighted by molar-refractivity contribution is 0.874. The van der Waals surface area contributed by atoms with Gasteiger partial charge in [-0.2, -0.15) is 5.26 Å². The molecule has 2 rings (SSSR count). The molecule has 0 radical (unpaired) electrons. The maximum absolute atomic E-state index is 8.86. The second-order valence-electron chi connectivity index (χ2n) is 3.84. The van der Waals surface area contributed by atoms with Crippen molar-refractivity contribution >= 4 is 28.9 Å². The normalized spacial score (nSPS) is 11.9. The molecule has 1 N–H and O–H groups in total. The highest BCUT2D eigenvalue weighted by Gasteiger charge is 2.10. The molecule has 0 fully saturated rings. The number of nitriles is 1. The Hall–Kier alpha value is -1.64. The van der Waals surface area contributed by atoms with Crippen LogP contribution in [-0.2, 0) is 0 Å². The van der Waals surface area contributed by atoms with Crippen molar-refractivity contribution < 1.29 is 0 Å².